The van der Waals surface area contributed by atoms with E-state index in [1.165, 1.54) is 48.2 Å². The van der Waals surface area contributed by atoms with Crippen LogP contribution in [-0.2, 0) is 0 Å². The average molecular weight is 336 g/mol. The molecule has 0 unspecified atom stereocenters. The zero-order chi connectivity index (χ0) is 17.5. The highest BCUT2D eigenvalue weighted by molar-refractivity contribution is 5.83. The predicted molar refractivity (Wildman–Crippen MR) is 106 cm³/mol. The number of para-hydroxylation sites is 1. The van der Waals surface area contributed by atoms with E-state index >= 15 is 0 Å². The molecule has 3 nitrogen and oxygen atoms in total. The van der Waals surface area contributed by atoms with E-state index in [-0.39, 0.29) is 0 Å². The third-order valence-corrected chi connectivity index (χ3v) is 4.42. The minimum absolute atomic E-state index is 0.769. The molecule has 0 radical (unpaired) electrons. The van der Waals surface area contributed by atoms with Crippen molar-refractivity contribution < 1.29 is 4.74 Å². The zero-order valence-corrected chi connectivity index (χ0v) is 15.3. The number of benzene rings is 2. The van der Waals surface area contributed by atoms with Crippen molar-refractivity contribution in [2.45, 2.75) is 33.1 Å². The zero-order valence-electron chi connectivity index (χ0n) is 15.3. The molecule has 0 amide bonds. The van der Waals surface area contributed by atoms with Gasteiger partial charge in [-0.05, 0) is 75.7 Å². The molecule has 2 heterocycles. The summed E-state index contributed by atoms with van der Waals surface area (Å²) < 4.78 is 7.91. The lowest BCUT2D eigenvalue weighted by Gasteiger charge is -2.10. The van der Waals surface area contributed by atoms with Crippen LogP contribution in [-0.4, -0.2) is 24.3 Å². The molecule has 25 heavy (non-hydrogen) atoms. The van der Waals surface area contributed by atoms with Gasteiger partial charge >= 0.3 is 0 Å². The topological polar surface area (TPSA) is 26.2 Å². The van der Waals surface area contributed by atoms with E-state index in [0.717, 1.165) is 18.8 Å². The molecule has 3 aromatic rings. The first-order valence-electron chi connectivity index (χ1n) is 9.30. The molecule has 0 aliphatic carbocycles. The molecule has 1 N–H and O–H groups in total. The summed E-state index contributed by atoms with van der Waals surface area (Å²) in [6.07, 6.45) is 3.81. The average Bonchev–Trinajstić information content (AvgIpc) is 3.31. The Morgan fingerprint density at radius 2 is 1.72 bits per heavy atom. The summed E-state index contributed by atoms with van der Waals surface area (Å²) in [5, 5.41) is 4.50. The summed E-state index contributed by atoms with van der Waals surface area (Å²) in [7, 11) is 0. The summed E-state index contributed by atoms with van der Waals surface area (Å²) in [6.45, 7) is 7.52. The monoisotopic (exact) mass is 336 g/mol. The van der Waals surface area contributed by atoms with Gasteiger partial charge in [-0.3, -0.25) is 0 Å². The van der Waals surface area contributed by atoms with Crippen LogP contribution < -0.4 is 10.1 Å². The van der Waals surface area contributed by atoms with Crippen molar-refractivity contribution in [1.29, 1.82) is 0 Å². The van der Waals surface area contributed by atoms with Gasteiger partial charge in [-0.15, -0.1) is 0 Å². The highest BCUT2D eigenvalue weighted by Crippen LogP contribution is 2.25. The van der Waals surface area contributed by atoms with Crippen LogP contribution >= 0.6 is 0 Å². The van der Waals surface area contributed by atoms with Crippen LogP contribution in [0.3, 0.4) is 0 Å². The van der Waals surface area contributed by atoms with Gasteiger partial charge < -0.3 is 14.6 Å². The molecule has 1 aromatic heterocycles. The first kappa shape index (κ1) is 17.6. The number of aryl methyl sites for hydroxylation is 1. The first-order valence-corrected chi connectivity index (χ1v) is 9.30. The van der Waals surface area contributed by atoms with Crippen molar-refractivity contribution in [3.8, 4) is 11.4 Å². The van der Waals surface area contributed by atoms with Gasteiger partial charge in [0.25, 0.3) is 0 Å². The maximum absolute atomic E-state index is 5.64. The summed E-state index contributed by atoms with van der Waals surface area (Å²) in [5.41, 5.74) is 3.66. The Kier molecular flexibility index (Phi) is 6.13. The predicted octanol–water partition coefficient (Wildman–Crippen LogP) is 5.10. The van der Waals surface area contributed by atoms with Crippen LogP contribution in [0, 0.1) is 6.92 Å². The SMILES string of the molecule is C1CCNC1.CCCOc1ccc(-n2c(C)cc3ccccc32)cc1. The summed E-state index contributed by atoms with van der Waals surface area (Å²) in [4.78, 5) is 0. The molecule has 3 heteroatoms. The fraction of sp³-hybridized carbons (Fsp3) is 0.364. The summed E-state index contributed by atoms with van der Waals surface area (Å²) in [6, 6.07) is 19.0. The van der Waals surface area contributed by atoms with E-state index < -0.39 is 0 Å². The van der Waals surface area contributed by atoms with Crippen molar-refractivity contribution >= 4 is 10.9 Å². The number of nitrogens with zero attached hydrogens (tertiary/aromatic N) is 1. The second kappa shape index (κ2) is 8.72. The highest BCUT2D eigenvalue weighted by Gasteiger charge is 2.07. The van der Waals surface area contributed by atoms with Crippen molar-refractivity contribution in [3.63, 3.8) is 0 Å². The molecule has 0 atom stereocenters. The van der Waals surface area contributed by atoms with Crippen LogP contribution in [0.1, 0.15) is 31.9 Å². The van der Waals surface area contributed by atoms with E-state index in [0.29, 0.717) is 0 Å². The Morgan fingerprint density at radius 3 is 2.36 bits per heavy atom. The van der Waals surface area contributed by atoms with Gasteiger partial charge in [0.15, 0.2) is 0 Å². The van der Waals surface area contributed by atoms with E-state index in [1.54, 1.807) is 0 Å². The molecule has 132 valence electrons. The second-order valence-corrected chi connectivity index (χ2v) is 6.48. The second-order valence-electron chi connectivity index (χ2n) is 6.48. The number of hydrogen-bond acceptors (Lipinski definition) is 2. The van der Waals surface area contributed by atoms with Crippen molar-refractivity contribution in [2.75, 3.05) is 19.7 Å². The maximum Gasteiger partial charge on any atom is 0.119 e. The van der Waals surface area contributed by atoms with E-state index in [1.807, 2.05) is 12.1 Å². The highest BCUT2D eigenvalue weighted by atomic mass is 16.5. The molecule has 2 aromatic carbocycles. The lowest BCUT2D eigenvalue weighted by atomic mass is 10.2. The Hall–Kier alpha value is -2.26. The smallest absolute Gasteiger partial charge is 0.119 e. The van der Waals surface area contributed by atoms with Crippen LogP contribution in [0.4, 0.5) is 0 Å². The lowest BCUT2D eigenvalue weighted by molar-refractivity contribution is 0.317. The molecule has 0 bridgehead atoms. The van der Waals surface area contributed by atoms with Crippen molar-refractivity contribution in [2.24, 2.45) is 0 Å². The van der Waals surface area contributed by atoms with Gasteiger partial charge in [-0.2, -0.15) is 0 Å². The molecular formula is C22H28N2O. The summed E-state index contributed by atoms with van der Waals surface area (Å²) in [5.74, 6) is 0.935. The lowest BCUT2D eigenvalue weighted by Crippen LogP contribution is -2.03. The Morgan fingerprint density at radius 1 is 1.00 bits per heavy atom. The van der Waals surface area contributed by atoms with Gasteiger partial charge in [0.05, 0.1) is 12.1 Å². The molecule has 1 aliphatic heterocycles. The van der Waals surface area contributed by atoms with E-state index in [2.05, 4.69) is 66.2 Å². The standard InChI is InChI=1S/C18H19NO.C4H9N/c1-3-12-20-17-10-8-16(9-11-17)19-14(2)13-15-6-4-5-7-18(15)19;1-2-4-5-3-1/h4-11,13H,3,12H2,1-2H3;5H,1-4H2. The Balaban J connectivity index is 0.000000314. The van der Waals surface area contributed by atoms with Crippen molar-refractivity contribution in [1.82, 2.24) is 9.88 Å². The number of hydrogen-bond donors (Lipinski definition) is 1. The summed E-state index contributed by atoms with van der Waals surface area (Å²) >= 11 is 0. The van der Waals surface area contributed by atoms with Gasteiger partial charge in [0.1, 0.15) is 5.75 Å². The van der Waals surface area contributed by atoms with Crippen molar-refractivity contribution in [3.05, 3.63) is 60.3 Å². The number of nitrogens with one attached hydrogen (secondary N) is 1. The third kappa shape index (κ3) is 4.43. The number of ether oxygens (including phenoxy) is 1. The molecule has 1 aliphatic rings. The van der Waals surface area contributed by atoms with Gasteiger partial charge in [-0.25, -0.2) is 0 Å². The molecule has 1 saturated heterocycles. The molecule has 0 spiro atoms. The third-order valence-electron chi connectivity index (χ3n) is 4.42. The van der Waals surface area contributed by atoms with E-state index in [4.69, 9.17) is 4.74 Å². The number of aromatic nitrogens is 1. The molecular weight excluding hydrogens is 308 g/mol. The fourth-order valence-corrected chi connectivity index (χ4v) is 3.17. The molecule has 0 saturated carbocycles. The minimum atomic E-state index is 0.769. The number of fused-ring (bicyclic) bond motifs is 1. The van der Waals surface area contributed by atoms with Crippen LogP contribution in [0.15, 0.2) is 54.6 Å². The normalized spacial score (nSPS) is 13.5. The van der Waals surface area contributed by atoms with Crippen LogP contribution in [0.25, 0.3) is 16.6 Å². The Labute approximate surface area is 150 Å². The quantitative estimate of drug-likeness (QED) is 0.717. The van der Waals surface area contributed by atoms with E-state index in [9.17, 15) is 0 Å². The van der Waals surface area contributed by atoms with Gasteiger partial charge in [-0.1, -0.05) is 25.1 Å². The maximum atomic E-state index is 5.64. The molecule has 4 rings (SSSR count). The minimum Gasteiger partial charge on any atom is -0.494 e. The largest absolute Gasteiger partial charge is 0.494 e. The Bertz CT molecular complexity index is 778. The number of rotatable bonds is 4. The fourth-order valence-electron chi connectivity index (χ4n) is 3.17. The molecule has 1 fully saturated rings. The van der Waals surface area contributed by atoms with Gasteiger partial charge in [0.2, 0.25) is 0 Å². The van der Waals surface area contributed by atoms with Gasteiger partial charge in [0, 0.05) is 16.8 Å². The van der Waals surface area contributed by atoms with Crippen LogP contribution in [0.2, 0.25) is 0 Å². The first-order chi connectivity index (χ1) is 12.3. The van der Waals surface area contributed by atoms with Crippen LogP contribution in [0.5, 0.6) is 5.75 Å².